The number of fused-ring (bicyclic) bond motifs is 10. The summed E-state index contributed by atoms with van der Waals surface area (Å²) in [5.74, 6) is -5.90. The molecule has 0 radical (unpaired) electrons. The maximum Gasteiger partial charge on any atom is 0.407 e. The van der Waals surface area contributed by atoms with Crippen LogP contribution in [0.25, 0.3) is 44.5 Å². The van der Waals surface area contributed by atoms with E-state index in [-0.39, 0.29) is 56.4 Å². The average Bonchev–Trinajstić information content (AvgIpc) is 0.780. The maximum absolute atomic E-state index is 14.9. The van der Waals surface area contributed by atoms with E-state index in [0.29, 0.717) is 116 Å². The van der Waals surface area contributed by atoms with Crippen molar-refractivity contribution < 1.29 is 101 Å². The van der Waals surface area contributed by atoms with E-state index in [1.54, 1.807) is 165 Å². The first-order chi connectivity index (χ1) is 61.2. The number of carboxylic acids is 1. The van der Waals surface area contributed by atoms with Gasteiger partial charge in [-0.2, -0.15) is 0 Å². The highest BCUT2D eigenvalue weighted by Crippen LogP contribution is 2.43. The maximum atomic E-state index is 14.9. The molecule has 10 rings (SSSR count). The van der Waals surface area contributed by atoms with Crippen molar-refractivity contribution in [3.63, 3.8) is 0 Å². The van der Waals surface area contributed by atoms with Crippen molar-refractivity contribution >= 4 is 94.3 Å². The fourth-order valence-corrected chi connectivity index (χ4v) is 15.2. The molecular formula is C99H117Cl2N7O21. The Hall–Kier alpha value is -12.7. The van der Waals surface area contributed by atoms with E-state index in [4.69, 9.17) is 71.9 Å². The van der Waals surface area contributed by atoms with Gasteiger partial charge in [-0.3, -0.25) is 33.6 Å². The fraction of sp³-hybridized carbons (Fsp3) is 0.394. The lowest BCUT2D eigenvalue weighted by Gasteiger charge is -2.32. The molecule has 6 amide bonds. The van der Waals surface area contributed by atoms with Gasteiger partial charge >= 0.3 is 30.1 Å². The van der Waals surface area contributed by atoms with E-state index >= 15 is 0 Å². The van der Waals surface area contributed by atoms with E-state index in [0.717, 1.165) is 27.8 Å². The summed E-state index contributed by atoms with van der Waals surface area (Å²) in [6.07, 6.45) is 1.12. The standard InChI is InChI=1S/C50H58ClN3O10.C36H50N4O9.C13H9ClO2/c1-30-25-42(56)45(35-19-23-44(62-7)39(28-35)38-26-31(12-22-43(38)61-6)27-40(48(59)63-8)53-46(30)57)54(5)47(58)36(11-9-10-24-52-49(60)64-50(2,3)4)29-41(55)34-15-13-32(14-16-34)33-17-20-37(51)21-18-33;1-21-17-28(41)31(40(5)33(43)26(37)11-9-10-16-38-35(45)49-36(2,3)4)23-13-15-30(47-7)25(20-23)24-18-22(12-14-29(24)46-6)19-27(34(44)48-8)39-32(21)42;14-12-7-5-10(6-8-12)9-1-3-11(4-2-9)13(15)16/h12-23,26,28,30,36,40,45H,9-11,24-25,27,29H2,1-8H3,(H,52,60)(H,53,57);12-15,18,20-21,26-27,31H,9-11,16-17,19,37H2,1-8H3,(H,38,45)(H,39,42);1-8H,(H,15,16)/t30-,36-,40+,45+;21-,26+,27+,31+;/m11./s1. The summed E-state index contributed by atoms with van der Waals surface area (Å²) in [7, 11) is 11.6. The normalized spacial score (nSPS) is 16.7. The molecule has 0 fully saturated rings. The topological polar surface area (TPSA) is 380 Å². The summed E-state index contributed by atoms with van der Waals surface area (Å²) < 4.78 is 43.6. The van der Waals surface area contributed by atoms with E-state index in [1.807, 2.05) is 60.7 Å². The second-order valence-corrected chi connectivity index (χ2v) is 34.5. The second-order valence-electron chi connectivity index (χ2n) is 33.7. The minimum absolute atomic E-state index is 0.0988. The van der Waals surface area contributed by atoms with Crippen LogP contribution in [-0.4, -0.2) is 185 Å². The van der Waals surface area contributed by atoms with Crippen LogP contribution in [0.2, 0.25) is 10.0 Å². The van der Waals surface area contributed by atoms with Gasteiger partial charge in [0.1, 0.15) is 58.4 Å². The Balaban J connectivity index is 0.000000277. The lowest BCUT2D eigenvalue weighted by atomic mass is 9.88. The fourth-order valence-electron chi connectivity index (χ4n) is 15.0. The molecule has 0 aliphatic carbocycles. The molecule has 8 atom stereocenters. The van der Waals surface area contributed by atoms with Gasteiger partial charge in [-0.25, -0.2) is 24.0 Å². The number of aromatic carboxylic acids is 1. The number of rotatable bonds is 26. The monoisotopic (exact) mass is 1810 g/mol. The number of carbonyl (C=O) groups is 12. The predicted molar refractivity (Wildman–Crippen MR) is 491 cm³/mol. The zero-order valence-electron chi connectivity index (χ0n) is 75.8. The van der Waals surface area contributed by atoms with E-state index in [1.165, 1.54) is 66.6 Å². The van der Waals surface area contributed by atoms with E-state index in [9.17, 15) is 57.5 Å². The zero-order chi connectivity index (χ0) is 94.7. The summed E-state index contributed by atoms with van der Waals surface area (Å²) in [5, 5.41) is 21.0. The summed E-state index contributed by atoms with van der Waals surface area (Å²) in [5.41, 5.74) is 14.3. The number of ether oxygens (including phenoxy) is 8. The van der Waals surface area contributed by atoms with Crippen molar-refractivity contribution in [1.29, 1.82) is 0 Å². The number of ketones is 3. The number of carbonyl (C=O) groups excluding carboxylic acids is 11. The predicted octanol–water partition coefficient (Wildman–Crippen LogP) is 16.0. The molecule has 0 saturated heterocycles. The number of hydrogen-bond donors (Lipinski definition) is 6. The average molecular weight is 1810 g/mol. The molecule has 7 N–H and O–H groups in total. The van der Waals surface area contributed by atoms with Crippen LogP contribution in [0.3, 0.4) is 0 Å². The third-order valence-electron chi connectivity index (χ3n) is 21.7. The molecule has 2 aliphatic heterocycles. The molecule has 0 unspecified atom stereocenters. The Morgan fingerprint density at radius 3 is 1.16 bits per heavy atom. The number of methoxy groups -OCH3 is 6. The minimum Gasteiger partial charge on any atom is -0.496 e. The molecule has 129 heavy (non-hydrogen) atoms. The lowest BCUT2D eigenvalue weighted by molar-refractivity contribution is -0.146. The number of nitrogens with two attached hydrogens (primary N) is 1. The van der Waals surface area contributed by atoms with Gasteiger partial charge in [-0.05, 0) is 203 Å². The number of halogens is 2. The molecular weight excluding hydrogens is 1690 g/mol. The Kier molecular flexibility index (Phi) is 37.4. The van der Waals surface area contributed by atoms with Gasteiger partial charge in [0.05, 0.1) is 54.3 Å². The quantitative estimate of drug-likeness (QED) is 0.0127. The van der Waals surface area contributed by atoms with Crippen LogP contribution in [0.4, 0.5) is 9.59 Å². The van der Waals surface area contributed by atoms with Crippen molar-refractivity contribution in [1.82, 2.24) is 31.1 Å². The van der Waals surface area contributed by atoms with Crippen LogP contribution in [0, 0.1) is 17.8 Å². The molecule has 8 bridgehead atoms. The molecule has 30 heteroatoms. The smallest absolute Gasteiger partial charge is 0.407 e. The Morgan fingerprint density at radius 2 is 0.798 bits per heavy atom. The third-order valence-corrected chi connectivity index (χ3v) is 22.2. The summed E-state index contributed by atoms with van der Waals surface area (Å²) in [6, 6.07) is 44.5. The SMILES string of the molecule is COC(=O)[C@@H]1Cc2ccc(OC)c(c2)-c2cc(ccc2OC)[C@H](N(C)C(=O)[C@@H](N)CCCCNC(=O)OC(C)(C)C)C(=O)C[C@@H](C)C(=O)N1.COC(=O)[C@@H]1Cc2ccc(OC)c(c2)-c2cc(ccc2OC)[C@H](N(C)C(=O)[C@H](CCCCNC(=O)OC(C)(C)C)CC(=O)c2ccc(-c3ccc(Cl)cc3)cc2)C(=O)C[C@@H](C)C(=O)N1.O=C(O)c1ccc(-c2ccc(Cl)cc2)cc1. The van der Waals surface area contributed by atoms with Gasteiger partial charge in [0.2, 0.25) is 23.6 Å². The van der Waals surface area contributed by atoms with Gasteiger partial charge in [-0.1, -0.05) is 128 Å². The van der Waals surface area contributed by atoms with E-state index < -0.39 is 124 Å². The summed E-state index contributed by atoms with van der Waals surface area (Å²) in [6.45, 7) is 14.5. The number of esters is 2. The number of nitrogens with zero attached hydrogens (tertiary/aromatic N) is 2. The Morgan fingerprint density at radius 1 is 0.457 bits per heavy atom. The third kappa shape index (κ3) is 29.2. The number of Topliss-reactive ketones (excluding diaryl/α,β-unsaturated/α-hetero) is 3. The van der Waals surface area contributed by atoms with Crippen LogP contribution in [0.5, 0.6) is 23.0 Å². The van der Waals surface area contributed by atoms with Crippen LogP contribution in [0.15, 0.2) is 170 Å². The van der Waals surface area contributed by atoms with Crippen molar-refractivity contribution in [2.45, 2.75) is 167 Å². The molecule has 688 valence electrons. The highest BCUT2D eigenvalue weighted by Gasteiger charge is 2.39. The van der Waals surface area contributed by atoms with Crippen LogP contribution < -0.4 is 45.9 Å². The number of benzene rings is 8. The molecule has 2 aliphatic rings. The lowest BCUT2D eigenvalue weighted by Crippen LogP contribution is -2.47. The number of carboxylic acid groups (broad SMARTS) is 1. The van der Waals surface area contributed by atoms with Gasteiger partial charge in [0.15, 0.2) is 17.3 Å². The van der Waals surface area contributed by atoms with Gasteiger partial charge in [0, 0.05) is 115 Å². The van der Waals surface area contributed by atoms with Crippen molar-refractivity contribution in [3.05, 3.63) is 213 Å². The summed E-state index contributed by atoms with van der Waals surface area (Å²) >= 11 is 11.9. The molecule has 0 spiro atoms. The molecule has 0 aromatic heterocycles. The van der Waals surface area contributed by atoms with Crippen molar-refractivity contribution in [3.8, 4) is 67.5 Å². The van der Waals surface area contributed by atoms with Crippen molar-refractivity contribution in [2.24, 2.45) is 23.5 Å². The molecule has 8 aromatic carbocycles. The molecule has 8 aromatic rings. The van der Waals surface area contributed by atoms with Gasteiger partial charge in [0.25, 0.3) is 0 Å². The van der Waals surface area contributed by atoms with Gasteiger partial charge in [-0.15, -0.1) is 0 Å². The number of alkyl carbamates (subject to hydrolysis) is 2. The first kappa shape index (κ1) is 102. The Bertz CT molecular complexity index is 5290. The molecule has 28 nitrogen and oxygen atoms in total. The number of likely N-dealkylation sites (N-methyl/N-ethyl adjacent to an activating group) is 2. The molecule has 2 heterocycles. The van der Waals surface area contributed by atoms with Crippen molar-refractivity contribution in [2.75, 3.05) is 69.8 Å². The summed E-state index contributed by atoms with van der Waals surface area (Å²) in [4.78, 5) is 162. The van der Waals surface area contributed by atoms with Crippen LogP contribution in [0.1, 0.15) is 168 Å². The zero-order valence-corrected chi connectivity index (χ0v) is 77.3. The highest BCUT2D eigenvalue weighted by atomic mass is 35.5. The largest absolute Gasteiger partial charge is 0.496 e. The minimum atomic E-state index is -1.20. The first-order valence-electron chi connectivity index (χ1n) is 42.4. The highest BCUT2D eigenvalue weighted by molar-refractivity contribution is 6.31. The van der Waals surface area contributed by atoms with Crippen LogP contribution in [-0.2, 0) is 70.1 Å². The number of unbranched alkanes of at least 4 members (excludes halogenated alkanes) is 2. The number of amides is 6. The van der Waals surface area contributed by atoms with Gasteiger partial charge < -0.3 is 79.8 Å². The van der Waals surface area contributed by atoms with E-state index in [2.05, 4.69) is 21.3 Å². The first-order valence-corrected chi connectivity index (χ1v) is 43.2. The number of nitrogens with one attached hydrogen (secondary N) is 4. The van der Waals surface area contributed by atoms with Crippen LogP contribution >= 0.6 is 23.2 Å². The second kappa shape index (κ2) is 47.4. The number of hydrogen-bond acceptors (Lipinski definition) is 21. The Labute approximate surface area is 763 Å². The molecule has 0 saturated carbocycles.